The molecule has 0 saturated heterocycles. The standard InChI is InChI=1S/C21H20N2O5S/c1-4-27-21(26)19-13(2)14(3)29-20(19)23-17(24)12-28-18(25)10-9-15-5-7-16(11-22)8-6-15/h5-10H,4,12H2,1-3H3,(H,23,24)/b10-9+. The van der Waals surface area contributed by atoms with Crippen LogP contribution in [-0.2, 0) is 19.1 Å². The molecule has 1 aromatic carbocycles. The number of carbonyl (C=O) groups excluding carboxylic acids is 3. The molecule has 1 amide bonds. The minimum atomic E-state index is -0.686. The molecule has 2 aromatic rings. The summed E-state index contributed by atoms with van der Waals surface area (Å²) in [5.41, 5.74) is 2.29. The van der Waals surface area contributed by atoms with Crippen LogP contribution in [0.4, 0.5) is 5.00 Å². The molecule has 1 aromatic heterocycles. The molecule has 0 radical (unpaired) electrons. The summed E-state index contributed by atoms with van der Waals surface area (Å²) in [6.07, 6.45) is 2.71. The average Bonchev–Trinajstić information content (AvgIpc) is 2.98. The van der Waals surface area contributed by atoms with E-state index >= 15 is 0 Å². The molecule has 1 N–H and O–H groups in total. The Morgan fingerprint density at radius 2 is 1.86 bits per heavy atom. The van der Waals surface area contributed by atoms with E-state index in [0.29, 0.717) is 21.7 Å². The van der Waals surface area contributed by atoms with Crippen molar-refractivity contribution in [3.8, 4) is 6.07 Å². The summed E-state index contributed by atoms with van der Waals surface area (Å²) < 4.78 is 9.96. The first kappa shape index (κ1) is 21.9. The van der Waals surface area contributed by atoms with Gasteiger partial charge in [0.05, 0.1) is 23.8 Å². The number of aryl methyl sites for hydroxylation is 1. The van der Waals surface area contributed by atoms with Crippen molar-refractivity contribution >= 4 is 40.3 Å². The average molecular weight is 412 g/mol. The van der Waals surface area contributed by atoms with Crippen LogP contribution in [0.15, 0.2) is 30.3 Å². The number of hydrogen-bond acceptors (Lipinski definition) is 7. The van der Waals surface area contributed by atoms with E-state index in [9.17, 15) is 14.4 Å². The van der Waals surface area contributed by atoms with Crippen molar-refractivity contribution in [1.82, 2.24) is 0 Å². The Morgan fingerprint density at radius 1 is 1.17 bits per heavy atom. The first-order valence-electron chi connectivity index (χ1n) is 8.77. The van der Waals surface area contributed by atoms with E-state index in [4.69, 9.17) is 14.7 Å². The van der Waals surface area contributed by atoms with Gasteiger partial charge in [-0.25, -0.2) is 9.59 Å². The van der Waals surface area contributed by atoms with E-state index in [2.05, 4.69) is 5.32 Å². The van der Waals surface area contributed by atoms with E-state index < -0.39 is 24.5 Å². The number of rotatable bonds is 7. The SMILES string of the molecule is CCOC(=O)c1c(NC(=O)COC(=O)/C=C/c2ccc(C#N)cc2)sc(C)c1C. The summed E-state index contributed by atoms with van der Waals surface area (Å²) in [4.78, 5) is 36.9. The van der Waals surface area contributed by atoms with Gasteiger partial charge >= 0.3 is 11.9 Å². The molecule has 0 aliphatic rings. The number of anilines is 1. The lowest BCUT2D eigenvalue weighted by molar-refractivity contribution is -0.142. The van der Waals surface area contributed by atoms with Crippen LogP contribution in [-0.4, -0.2) is 31.1 Å². The van der Waals surface area contributed by atoms with E-state index in [1.165, 1.54) is 23.5 Å². The highest BCUT2D eigenvalue weighted by Gasteiger charge is 2.22. The van der Waals surface area contributed by atoms with Crippen molar-refractivity contribution in [3.05, 3.63) is 57.5 Å². The number of amides is 1. The predicted octanol–water partition coefficient (Wildman–Crippen LogP) is 3.61. The van der Waals surface area contributed by atoms with Crippen LogP contribution in [0.25, 0.3) is 6.08 Å². The molecule has 150 valence electrons. The van der Waals surface area contributed by atoms with Gasteiger partial charge in [-0.2, -0.15) is 5.26 Å². The Bertz CT molecular complexity index is 984. The molecule has 29 heavy (non-hydrogen) atoms. The molecule has 1 heterocycles. The molecular formula is C21H20N2O5S. The Balaban J connectivity index is 1.93. The molecule has 7 nitrogen and oxygen atoms in total. The zero-order valence-corrected chi connectivity index (χ0v) is 17.1. The molecule has 0 unspecified atom stereocenters. The fourth-order valence-corrected chi connectivity index (χ4v) is 3.41. The molecule has 0 spiro atoms. The maximum Gasteiger partial charge on any atom is 0.341 e. The minimum absolute atomic E-state index is 0.226. The normalized spacial score (nSPS) is 10.4. The highest BCUT2D eigenvalue weighted by molar-refractivity contribution is 7.16. The third kappa shape index (κ3) is 6.02. The van der Waals surface area contributed by atoms with Gasteiger partial charge in [-0.3, -0.25) is 4.79 Å². The molecule has 0 aliphatic carbocycles. The molecule has 2 rings (SSSR count). The number of nitrogens with zero attached hydrogens (tertiary/aromatic N) is 1. The maximum absolute atomic E-state index is 12.1. The summed E-state index contributed by atoms with van der Waals surface area (Å²) in [7, 11) is 0. The van der Waals surface area contributed by atoms with Crippen molar-refractivity contribution in [2.45, 2.75) is 20.8 Å². The highest BCUT2D eigenvalue weighted by Crippen LogP contribution is 2.33. The number of ether oxygens (including phenoxy) is 2. The van der Waals surface area contributed by atoms with Crippen molar-refractivity contribution in [1.29, 1.82) is 5.26 Å². The number of esters is 2. The number of thiophene rings is 1. The Morgan fingerprint density at radius 3 is 2.48 bits per heavy atom. The third-order valence-electron chi connectivity index (χ3n) is 3.91. The monoisotopic (exact) mass is 412 g/mol. The van der Waals surface area contributed by atoms with Crippen LogP contribution in [0, 0.1) is 25.2 Å². The zero-order valence-electron chi connectivity index (χ0n) is 16.3. The number of hydrogen-bond donors (Lipinski definition) is 1. The molecule has 0 atom stereocenters. The van der Waals surface area contributed by atoms with Gasteiger partial charge < -0.3 is 14.8 Å². The van der Waals surface area contributed by atoms with Crippen molar-refractivity contribution in [2.24, 2.45) is 0 Å². The lowest BCUT2D eigenvalue weighted by atomic mass is 10.1. The topological polar surface area (TPSA) is 105 Å². The Hall–Kier alpha value is -3.44. The molecule has 0 bridgehead atoms. The van der Waals surface area contributed by atoms with E-state index in [1.807, 2.05) is 13.0 Å². The summed E-state index contributed by atoms with van der Waals surface area (Å²) in [5, 5.41) is 11.7. The van der Waals surface area contributed by atoms with Crippen LogP contribution < -0.4 is 5.32 Å². The van der Waals surface area contributed by atoms with Gasteiger partial charge in [-0.15, -0.1) is 11.3 Å². The number of nitriles is 1. The van der Waals surface area contributed by atoms with Gasteiger partial charge in [0.2, 0.25) is 0 Å². The van der Waals surface area contributed by atoms with Crippen molar-refractivity contribution < 1.29 is 23.9 Å². The molecule has 0 saturated carbocycles. The molecule has 0 aliphatic heterocycles. The first-order valence-corrected chi connectivity index (χ1v) is 9.59. The number of carbonyl (C=O) groups is 3. The summed E-state index contributed by atoms with van der Waals surface area (Å²) in [5.74, 6) is -1.75. The predicted molar refractivity (Wildman–Crippen MR) is 110 cm³/mol. The first-order chi connectivity index (χ1) is 13.8. The summed E-state index contributed by atoms with van der Waals surface area (Å²) >= 11 is 1.26. The van der Waals surface area contributed by atoms with Crippen molar-refractivity contribution in [2.75, 3.05) is 18.5 Å². The fraction of sp³-hybridized carbons (Fsp3) is 0.238. The smallest absolute Gasteiger partial charge is 0.341 e. The Kier molecular flexibility index (Phi) is 7.69. The largest absolute Gasteiger partial charge is 0.462 e. The molecule has 8 heteroatoms. The zero-order chi connectivity index (χ0) is 21.4. The van der Waals surface area contributed by atoms with Gasteiger partial charge in [0.15, 0.2) is 6.61 Å². The van der Waals surface area contributed by atoms with E-state index in [0.717, 1.165) is 10.4 Å². The Labute approximate surface area is 172 Å². The summed E-state index contributed by atoms with van der Waals surface area (Å²) in [6, 6.07) is 8.64. The fourth-order valence-electron chi connectivity index (χ4n) is 2.34. The van der Waals surface area contributed by atoms with Gasteiger partial charge in [-0.05, 0) is 50.1 Å². The van der Waals surface area contributed by atoms with Crippen LogP contribution in [0.2, 0.25) is 0 Å². The maximum atomic E-state index is 12.1. The van der Waals surface area contributed by atoms with Gasteiger partial charge in [0.25, 0.3) is 5.91 Å². The number of nitrogens with one attached hydrogen (secondary N) is 1. The minimum Gasteiger partial charge on any atom is -0.462 e. The second kappa shape index (κ2) is 10.2. The quantitative estimate of drug-likeness (QED) is 0.550. The van der Waals surface area contributed by atoms with Gasteiger partial charge in [-0.1, -0.05) is 12.1 Å². The third-order valence-corrected chi connectivity index (χ3v) is 5.04. The van der Waals surface area contributed by atoms with Crippen LogP contribution in [0.5, 0.6) is 0 Å². The summed E-state index contributed by atoms with van der Waals surface area (Å²) in [6.45, 7) is 5.06. The second-order valence-corrected chi connectivity index (χ2v) is 7.16. The van der Waals surface area contributed by atoms with E-state index in [1.54, 1.807) is 38.1 Å². The van der Waals surface area contributed by atoms with Crippen LogP contribution in [0.3, 0.4) is 0 Å². The number of benzene rings is 1. The van der Waals surface area contributed by atoms with E-state index in [-0.39, 0.29) is 6.61 Å². The van der Waals surface area contributed by atoms with Crippen LogP contribution in [0.1, 0.15) is 38.8 Å². The van der Waals surface area contributed by atoms with Gasteiger partial charge in [0, 0.05) is 11.0 Å². The second-order valence-electron chi connectivity index (χ2n) is 5.93. The highest BCUT2D eigenvalue weighted by atomic mass is 32.1. The lowest BCUT2D eigenvalue weighted by Gasteiger charge is -2.07. The molecule has 0 fully saturated rings. The van der Waals surface area contributed by atoms with Crippen molar-refractivity contribution in [3.63, 3.8) is 0 Å². The molecular weight excluding hydrogens is 392 g/mol. The van der Waals surface area contributed by atoms with Gasteiger partial charge in [0.1, 0.15) is 5.00 Å². The lowest BCUT2D eigenvalue weighted by Crippen LogP contribution is -2.21. The van der Waals surface area contributed by atoms with Crippen LogP contribution >= 0.6 is 11.3 Å².